The van der Waals surface area contributed by atoms with E-state index < -0.39 is 12.1 Å². The predicted molar refractivity (Wildman–Crippen MR) is 341 cm³/mol. The molecule has 0 rings (SSSR count). The molecule has 0 fully saturated rings. The molecule has 76 heavy (non-hydrogen) atoms. The molecule has 3 N–H and O–H groups in total. The number of rotatable bonds is 63. The zero-order chi connectivity index (χ0) is 54.8. The first kappa shape index (κ1) is 73.8. The molecule has 444 valence electrons. The lowest BCUT2D eigenvalue weighted by Gasteiger charge is -2.19. The van der Waals surface area contributed by atoms with Crippen LogP contribution >= 0.6 is 0 Å². The maximum Gasteiger partial charge on any atom is 0.220 e. The third kappa shape index (κ3) is 62.7. The minimum atomic E-state index is -0.874. The summed E-state index contributed by atoms with van der Waals surface area (Å²) in [5.74, 6) is -0.0741. The van der Waals surface area contributed by atoms with Crippen molar-refractivity contribution < 1.29 is 15.0 Å². The monoisotopic (exact) mass is 1060 g/mol. The molecule has 0 bridgehead atoms. The van der Waals surface area contributed by atoms with Gasteiger partial charge in [0.25, 0.3) is 0 Å². The molecule has 0 aliphatic heterocycles. The molecule has 2 atom stereocenters. The second-order valence-electron chi connectivity index (χ2n) is 23.2. The number of unbranched alkanes of at least 4 members (excludes halogenated alkanes) is 46. The van der Waals surface area contributed by atoms with Crippen LogP contribution in [0.15, 0.2) is 72.9 Å². The minimum Gasteiger partial charge on any atom is -0.394 e. The summed E-state index contributed by atoms with van der Waals surface area (Å²) in [4.78, 5) is 12.5. The summed E-state index contributed by atoms with van der Waals surface area (Å²) in [6.45, 7) is 4.32. The molecule has 0 aromatic heterocycles. The molecule has 0 aromatic carbocycles. The van der Waals surface area contributed by atoms with Gasteiger partial charge in [0.05, 0.1) is 18.8 Å². The lowest BCUT2D eigenvalue weighted by molar-refractivity contribution is -0.123. The van der Waals surface area contributed by atoms with Crippen LogP contribution in [0.2, 0.25) is 0 Å². The molecule has 0 heterocycles. The van der Waals surface area contributed by atoms with Gasteiger partial charge in [0, 0.05) is 6.42 Å². The van der Waals surface area contributed by atoms with Gasteiger partial charge in [0.1, 0.15) is 0 Å². The second-order valence-corrected chi connectivity index (χ2v) is 23.2. The smallest absolute Gasteiger partial charge is 0.220 e. The standard InChI is InChI=1S/C72H133NO3/c1-3-5-7-9-11-13-15-17-19-21-23-25-27-29-31-33-35-36-38-40-42-44-46-48-50-52-54-56-58-60-62-64-66-68-72(76)73-70(69-74)71(75)67-65-63-61-59-57-55-53-51-49-47-45-43-41-39-37-34-32-30-28-26-24-22-20-18-16-14-12-10-8-6-4-2/h15,17,21,23,27,29,49,51,57,59,65,67,70-71,74-75H,3-14,16,18-20,22,24-26,28,30-48,50,52-56,58,60-64,66,68-69H2,1-2H3,(H,73,76)/b17-15-,23-21-,29-27-,51-49+,59-57+,67-65+. The first-order chi connectivity index (χ1) is 37.7. The van der Waals surface area contributed by atoms with Crippen LogP contribution in [0, 0.1) is 0 Å². The highest BCUT2D eigenvalue weighted by Crippen LogP contribution is 2.18. The Labute approximate surface area is 476 Å². The van der Waals surface area contributed by atoms with E-state index in [1.807, 2.05) is 6.08 Å². The summed E-state index contributed by atoms with van der Waals surface area (Å²) < 4.78 is 0. The van der Waals surface area contributed by atoms with E-state index in [0.717, 1.165) is 51.4 Å². The minimum absolute atomic E-state index is 0.0741. The summed E-state index contributed by atoms with van der Waals surface area (Å²) in [7, 11) is 0. The SMILES string of the molecule is CCCCCCC/C=C\C/C=C\C/C=C\CCCCCCCCCCCCCCCCCCCCC(=O)NC(CO)C(O)/C=C/CC/C=C/CC/C=C/CCCCCCCCCCCCCCCCCCCCCCC. The van der Waals surface area contributed by atoms with Crippen LogP contribution in [-0.4, -0.2) is 34.9 Å². The van der Waals surface area contributed by atoms with Gasteiger partial charge in [-0.3, -0.25) is 4.79 Å². The van der Waals surface area contributed by atoms with Crippen molar-refractivity contribution in [1.29, 1.82) is 0 Å². The highest BCUT2D eigenvalue weighted by molar-refractivity contribution is 5.76. The van der Waals surface area contributed by atoms with E-state index in [-0.39, 0.29) is 12.5 Å². The first-order valence-electron chi connectivity index (χ1n) is 34.2. The zero-order valence-electron chi connectivity index (χ0n) is 51.3. The fourth-order valence-electron chi connectivity index (χ4n) is 10.5. The van der Waals surface area contributed by atoms with Gasteiger partial charge in [-0.2, -0.15) is 0 Å². The molecule has 0 spiro atoms. The van der Waals surface area contributed by atoms with E-state index in [0.29, 0.717) is 6.42 Å². The van der Waals surface area contributed by atoms with Crippen LogP contribution in [0.1, 0.15) is 361 Å². The number of carbonyl (C=O) groups is 1. The molecular weight excluding hydrogens is 927 g/mol. The average Bonchev–Trinajstić information content (AvgIpc) is 3.42. The Morgan fingerprint density at radius 3 is 0.855 bits per heavy atom. The fraction of sp³-hybridized carbons (Fsp3) is 0.819. The maximum absolute atomic E-state index is 12.5. The van der Waals surface area contributed by atoms with E-state index in [9.17, 15) is 15.0 Å². The van der Waals surface area contributed by atoms with Gasteiger partial charge >= 0.3 is 0 Å². The summed E-state index contributed by atoms with van der Waals surface area (Å²) in [6.07, 6.45) is 97.0. The van der Waals surface area contributed by atoms with Gasteiger partial charge in [-0.15, -0.1) is 0 Å². The predicted octanol–water partition coefficient (Wildman–Crippen LogP) is 23.3. The molecule has 0 aromatic rings. The summed E-state index contributed by atoms with van der Waals surface area (Å²) in [6, 6.07) is -0.650. The molecule has 0 aliphatic rings. The van der Waals surface area contributed by atoms with Crippen molar-refractivity contribution in [3.05, 3.63) is 72.9 Å². The van der Waals surface area contributed by atoms with E-state index >= 15 is 0 Å². The lowest BCUT2D eigenvalue weighted by Crippen LogP contribution is -2.45. The maximum atomic E-state index is 12.5. The summed E-state index contributed by atoms with van der Waals surface area (Å²) in [5, 5.41) is 23.2. The number of hydrogen-bond acceptors (Lipinski definition) is 3. The van der Waals surface area contributed by atoms with Crippen molar-refractivity contribution in [2.45, 2.75) is 373 Å². The van der Waals surface area contributed by atoms with Crippen molar-refractivity contribution in [3.63, 3.8) is 0 Å². The van der Waals surface area contributed by atoms with Gasteiger partial charge in [0.2, 0.25) is 5.91 Å². The van der Waals surface area contributed by atoms with Gasteiger partial charge in [-0.05, 0) is 83.5 Å². The molecule has 0 aliphatic carbocycles. The second kappa shape index (κ2) is 67.1. The van der Waals surface area contributed by atoms with Crippen LogP contribution in [0.4, 0.5) is 0 Å². The molecule has 0 saturated carbocycles. The van der Waals surface area contributed by atoms with Crippen LogP contribution in [-0.2, 0) is 4.79 Å². The molecule has 1 amide bonds. The number of hydrogen-bond donors (Lipinski definition) is 3. The Balaban J connectivity index is 3.50. The van der Waals surface area contributed by atoms with Crippen molar-refractivity contribution in [1.82, 2.24) is 5.32 Å². The van der Waals surface area contributed by atoms with E-state index in [4.69, 9.17) is 0 Å². The highest BCUT2D eigenvalue weighted by Gasteiger charge is 2.18. The normalized spacial score (nSPS) is 13.2. The third-order valence-electron chi connectivity index (χ3n) is 15.6. The number of amides is 1. The van der Waals surface area contributed by atoms with Crippen molar-refractivity contribution in [3.8, 4) is 0 Å². The molecule has 0 saturated heterocycles. The number of carbonyl (C=O) groups excluding carboxylic acids is 1. The van der Waals surface area contributed by atoms with Crippen molar-refractivity contribution in [2.75, 3.05) is 6.61 Å². The zero-order valence-corrected chi connectivity index (χ0v) is 51.3. The summed E-state index contributed by atoms with van der Waals surface area (Å²) in [5.41, 5.74) is 0. The fourth-order valence-corrected chi connectivity index (χ4v) is 10.5. The van der Waals surface area contributed by atoms with Crippen LogP contribution < -0.4 is 5.32 Å². The molecular formula is C72H133NO3. The van der Waals surface area contributed by atoms with Gasteiger partial charge in [-0.25, -0.2) is 0 Å². The van der Waals surface area contributed by atoms with Crippen molar-refractivity contribution in [2.24, 2.45) is 0 Å². The topological polar surface area (TPSA) is 69.6 Å². The Hall–Kier alpha value is -2.17. The largest absolute Gasteiger partial charge is 0.394 e. The number of aliphatic hydroxyl groups is 2. The third-order valence-corrected chi connectivity index (χ3v) is 15.6. The first-order valence-corrected chi connectivity index (χ1v) is 34.2. The highest BCUT2D eigenvalue weighted by atomic mass is 16.3. The number of allylic oxidation sites excluding steroid dienone is 11. The van der Waals surface area contributed by atoms with Gasteiger partial charge in [-0.1, -0.05) is 344 Å². The number of nitrogens with one attached hydrogen (secondary N) is 1. The van der Waals surface area contributed by atoms with Gasteiger partial charge < -0.3 is 15.5 Å². The molecule has 4 heteroatoms. The van der Waals surface area contributed by atoms with Gasteiger partial charge in [0.15, 0.2) is 0 Å². The Kier molecular flexibility index (Phi) is 65.2. The van der Waals surface area contributed by atoms with Crippen LogP contribution in [0.25, 0.3) is 0 Å². The molecule has 2 unspecified atom stereocenters. The molecule has 4 nitrogen and oxygen atoms in total. The Morgan fingerprint density at radius 2 is 0.553 bits per heavy atom. The van der Waals surface area contributed by atoms with Crippen LogP contribution in [0.3, 0.4) is 0 Å². The Bertz CT molecular complexity index is 1290. The average molecular weight is 1060 g/mol. The quantitative estimate of drug-likeness (QED) is 0.0420. The van der Waals surface area contributed by atoms with E-state index in [1.165, 1.54) is 289 Å². The van der Waals surface area contributed by atoms with E-state index in [1.54, 1.807) is 6.08 Å². The summed E-state index contributed by atoms with van der Waals surface area (Å²) >= 11 is 0. The van der Waals surface area contributed by atoms with E-state index in [2.05, 4.69) is 79.9 Å². The number of aliphatic hydroxyl groups excluding tert-OH is 2. The van der Waals surface area contributed by atoms with Crippen LogP contribution in [0.5, 0.6) is 0 Å². The molecule has 0 radical (unpaired) electrons. The lowest BCUT2D eigenvalue weighted by atomic mass is 10.0. The Morgan fingerprint density at radius 1 is 0.316 bits per heavy atom. The van der Waals surface area contributed by atoms with Crippen molar-refractivity contribution >= 4 is 5.91 Å².